The maximum atomic E-state index is 12.2. The van der Waals surface area contributed by atoms with Crippen LogP contribution >= 0.6 is 0 Å². The topological polar surface area (TPSA) is 91.4 Å². The van der Waals surface area contributed by atoms with Crippen molar-refractivity contribution in [2.75, 3.05) is 20.0 Å². The van der Waals surface area contributed by atoms with Crippen LogP contribution in [0.3, 0.4) is 0 Å². The molecule has 7 nitrogen and oxygen atoms in total. The van der Waals surface area contributed by atoms with Gasteiger partial charge in [0.05, 0.1) is 26.0 Å². The zero-order valence-corrected chi connectivity index (χ0v) is 12.2. The Hall–Kier alpha value is -2.70. The van der Waals surface area contributed by atoms with Gasteiger partial charge in [-0.1, -0.05) is 0 Å². The number of nitrogen functional groups attached to an aromatic ring is 1. The van der Waals surface area contributed by atoms with Crippen LogP contribution in [-0.4, -0.2) is 29.9 Å². The number of nitrogens with two attached hydrogens (primary N) is 1. The maximum Gasteiger partial charge on any atom is 0.255 e. The van der Waals surface area contributed by atoms with Gasteiger partial charge in [-0.15, -0.1) is 0 Å². The summed E-state index contributed by atoms with van der Waals surface area (Å²) in [5, 5.41) is 6.81. The summed E-state index contributed by atoms with van der Waals surface area (Å²) in [6.07, 6.45) is 1.63. The molecule has 0 saturated heterocycles. The van der Waals surface area contributed by atoms with E-state index in [0.29, 0.717) is 29.4 Å². The van der Waals surface area contributed by atoms with Gasteiger partial charge in [0, 0.05) is 25.2 Å². The zero-order chi connectivity index (χ0) is 15.4. The second-order valence-electron chi connectivity index (χ2n) is 4.43. The van der Waals surface area contributed by atoms with Crippen molar-refractivity contribution in [2.24, 2.45) is 7.05 Å². The number of aryl methyl sites for hydroxylation is 1. The number of carbonyl (C=O) groups excluding carboxylic acids is 1. The first-order valence-electron chi connectivity index (χ1n) is 6.33. The fourth-order valence-corrected chi connectivity index (χ4v) is 1.89. The first kappa shape index (κ1) is 14.7. The van der Waals surface area contributed by atoms with Crippen molar-refractivity contribution in [1.82, 2.24) is 15.1 Å². The number of amides is 1. The molecule has 1 aromatic heterocycles. The largest absolute Gasteiger partial charge is 0.497 e. The van der Waals surface area contributed by atoms with Gasteiger partial charge in [0.15, 0.2) is 0 Å². The van der Waals surface area contributed by atoms with Crippen molar-refractivity contribution in [1.29, 1.82) is 0 Å². The first-order chi connectivity index (χ1) is 10.1. The summed E-state index contributed by atoms with van der Waals surface area (Å²) in [6.45, 7) is 0.299. The minimum atomic E-state index is -0.252. The lowest BCUT2D eigenvalue weighted by Gasteiger charge is -2.10. The number of nitrogens with one attached hydrogen (secondary N) is 1. The molecule has 0 aliphatic rings. The van der Waals surface area contributed by atoms with Gasteiger partial charge >= 0.3 is 0 Å². The van der Waals surface area contributed by atoms with E-state index in [1.54, 1.807) is 43.2 Å². The maximum absolute atomic E-state index is 12.2. The number of hydrogen-bond donors (Lipinski definition) is 2. The molecule has 0 saturated carbocycles. The number of anilines is 1. The van der Waals surface area contributed by atoms with E-state index in [-0.39, 0.29) is 5.91 Å². The minimum absolute atomic E-state index is 0.252. The van der Waals surface area contributed by atoms with Crippen molar-refractivity contribution in [3.63, 3.8) is 0 Å². The van der Waals surface area contributed by atoms with Crippen LogP contribution in [0.1, 0.15) is 15.9 Å². The number of benzene rings is 1. The zero-order valence-electron chi connectivity index (χ0n) is 12.2. The summed E-state index contributed by atoms with van der Waals surface area (Å²) in [4.78, 5) is 12.2. The Balaban J connectivity index is 2.11. The molecule has 2 aromatic rings. The number of methoxy groups -OCH3 is 2. The van der Waals surface area contributed by atoms with Gasteiger partial charge < -0.3 is 20.5 Å². The van der Waals surface area contributed by atoms with Gasteiger partial charge in [0.1, 0.15) is 17.3 Å². The van der Waals surface area contributed by atoms with E-state index in [9.17, 15) is 4.79 Å². The average Bonchev–Trinajstić information content (AvgIpc) is 2.83. The van der Waals surface area contributed by atoms with Crippen LogP contribution < -0.4 is 20.5 Å². The smallest absolute Gasteiger partial charge is 0.255 e. The fraction of sp³-hybridized carbons (Fsp3) is 0.286. The molecule has 1 amide bonds. The molecule has 1 heterocycles. The Morgan fingerprint density at radius 1 is 1.38 bits per heavy atom. The second-order valence-corrected chi connectivity index (χ2v) is 4.43. The van der Waals surface area contributed by atoms with Gasteiger partial charge in [0.2, 0.25) is 0 Å². The molecule has 21 heavy (non-hydrogen) atoms. The van der Waals surface area contributed by atoms with Gasteiger partial charge in [-0.25, -0.2) is 0 Å². The van der Waals surface area contributed by atoms with Crippen LogP contribution in [-0.2, 0) is 13.6 Å². The summed E-state index contributed by atoms with van der Waals surface area (Å²) < 4.78 is 11.9. The molecule has 0 aliphatic heterocycles. The van der Waals surface area contributed by atoms with E-state index >= 15 is 0 Å². The quantitative estimate of drug-likeness (QED) is 0.855. The van der Waals surface area contributed by atoms with Crippen LogP contribution in [0.25, 0.3) is 0 Å². The highest BCUT2D eigenvalue weighted by Gasteiger charge is 2.14. The number of ether oxygens (including phenoxy) is 2. The molecular weight excluding hydrogens is 272 g/mol. The summed E-state index contributed by atoms with van der Waals surface area (Å²) in [5.41, 5.74) is 7.02. The average molecular weight is 290 g/mol. The Labute approximate surface area is 122 Å². The molecule has 0 radical (unpaired) electrons. The monoisotopic (exact) mass is 290 g/mol. The van der Waals surface area contributed by atoms with Gasteiger partial charge in [-0.3, -0.25) is 9.48 Å². The molecule has 0 atom stereocenters. The van der Waals surface area contributed by atoms with Gasteiger partial charge in [-0.05, 0) is 12.1 Å². The van der Waals surface area contributed by atoms with Crippen LogP contribution in [0.5, 0.6) is 11.5 Å². The molecular formula is C14H18N4O3. The number of carbonyl (C=O) groups is 1. The van der Waals surface area contributed by atoms with E-state index in [1.807, 2.05) is 0 Å². The van der Waals surface area contributed by atoms with E-state index in [1.165, 1.54) is 7.11 Å². The third-order valence-corrected chi connectivity index (χ3v) is 3.16. The van der Waals surface area contributed by atoms with E-state index in [4.69, 9.17) is 15.2 Å². The van der Waals surface area contributed by atoms with Crippen molar-refractivity contribution < 1.29 is 14.3 Å². The first-order valence-corrected chi connectivity index (χ1v) is 6.33. The molecule has 3 N–H and O–H groups in total. The molecule has 1 aromatic carbocycles. The number of rotatable bonds is 5. The molecule has 112 valence electrons. The lowest BCUT2D eigenvalue weighted by atomic mass is 10.1. The highest BCUT2D eigenvalue weighted by atomic mass is 16.5. The Kier molecular flexibility index (Phi) is 4.32. The Morgan fingerprint density at radius 2 is 2.14 bits per heavy atom. The molecule has 0 unspecified atom stereocenters. The van der Waals surface area contributed by atoms with Crippen LogP contribution in [0, 0.1) is 0 Å². The van der Waals surface area contributed by atoms with Crippen molar-refractivity contribution >= 4 is 11.7 Å². The highest BCUT2D eigenvalue weighted by Crippen LogP contribution is 2.24. The summed E-state index contributed by atoms with van der Waals surface area (Å²) in [7, 11) is 4.80. The van der Waals surface area contributed by atoms with Crippen molar-refractivity contribution in [3.05, 3.63) is 35.5 Å². The van der Waals surface area contributed by atoms with Crippen LogP contribution in [0.2, 0.25) is 0 Å². The van der Waals surface area contributed by atoms with Crippen LogP contribution in [0.15, 0.2) is 24.4 Å². The summed E-state index contributed by atoms with van der Waals surface area (Å²) in [5.74, 6) is 1.35. The fourth-order valence-electron chi connectivity index (χ4n) is 1.89. The van der Waals surface area contributed by atoms with E-state index in [0.717, 1.165) is 5.56 Å². The standard InChI is InChI=1S/C14H18N4O3/c1-18-13(15)9(8-17-18)7-16-14(19)11-5-4-10(20-2)6-12(11)21-3/h4-6,8H,7,15H2,1-3H3,(H,16,19). The number of nitrogens with zero attached hydrogens (tertiary/aromatic N) is 2. The number of aromatic nitrogens is 2. The lowest BCUT2D eigenvalue weighted by molar-refractivity contribution is 0.0948. The number of hydrogen-bond acceptors (Lipinski definition) is 5. The molecule has 2 rings (SSSR count). The van der Waals surface area contributed by atoms with Gasteiger partial charge in [0.25, 0.3) is 5.91 Å². The lowest BCUT2D eigenvalue weighted by Crippen LogP contribution is -2.23. The highest BCUT2D eigenvalue weighted by molar-refractivity contribution is 5.97. The molecule has 0 fully saturated rings. The Morgan fingerprint density at radius 3 is 2.71 bits per heavy atom. The summed E-state index contributed by atoms with van der Waals surface area (Å²) in [6, 6.07) is 5.02. The normalized spacial score (nSPS) is 10.2. The third kappa shape index (κ3) is 3.07. The third-order valence-electron chi connectivity index (χ3n) is 3.16. The minimum Gasteiger partial charge on any atom is -0.497 e. The predicted octanol–water partition coefficient (Wildman–Crippen LogP) is 0.949. The molecule has 0 aliphatic carbocycles. The van der Waals surface area contributed by atoms with Crippen molar-refractivity contribution in [2.45, 2.75) is 6.54 Å². The van der Waals surface area contributed by atoms with Crippen molar-refractivity contribution in [3.8, 4) is 11.5 Å². The Bertz CT molecular complexity index is 652. The molecule has 7 heteroatoms. The van der Waals surface area contributed by atoms with E-state index in [2.05, 4.69) is 10.4 Å². The molecule has 0 bridgehead atoms. The van der Waals surface area contributed by atoms with E-state index < -0.39 is 0 Å². The predicted molar refractivity (Wildman–Crippen MR) is 78.3 cm³/mol. The van der Waals surface area contributed by atoms with Crippen LogP contribution in [0.4, 0.5) is 5.82 Å². The SMILES string of the molecule is COc1ccc(C(=O)NCc2cnn(C)c2N)c(OC)c1. The summed E-state index contributed by atoms with van der Waals surface area (Å²) >= 11 is 0. The molecule has 0 spiro atoms. The van der Waals surface area contributed by atoms with Gasteiger partial charge in [-0.2, -0.15) is 5.10 Å². The second kappa shape index (κ2) is 6.17.